The van der Waals surface area contributed by atoms with Crippen molar-refractivity contribution in [1.29, 1.82) is 0 Å². The number of rotatable bonds is 4. The summed E-state index contributed by atoms with van der Waals surface area (Å²) in [7, 11) is 0. The van der Waals surface area contributed by atoms with Gasteiger partial charge in [0, 0.05) is 13.0 Å². The summed E-state index contributed by atoms with van der Waals surface area (Å²) in [6, 6.07) is 0. The lowest BCUT2D eigenvalue weighted by Gasteiger charge is -2.38. The van der Waals surface area contributed by atoms with Crippen LogP contribution in [0.5, 0.6) is 0 Å². The van der Waals surface area contributed by atoms with Gasteiger partial charge < -0.3 is 9.84 Å². The Labute approximate surface area is 100 Å². The van der Waals surface area contributed by atoms with E-state index in [9.17, 15) is 5.11 Å². The van der Waals surface area contributed by atoms with Crippen LogP contribution in [0.1, 0.15) is 66.2 Å². The standard InChI is InChI=1S/C14H28O2/c1-5-6-12-11-14(15,9-10-16-12)8-7-13(2,3)4/h12,15H,5-11H2,1-4H3. The minimum atomic E-state index is -0.467. The predicted octanol–water partition coefficient (Wildman–Crippen LogP) is 3.52. The molecular formula is C14H28O2. The molecule has 2 heteroatoms. The van der Waals surface area contributed by atoms with Crippen molar-refractivity contribution in [1.82, 2.24) is 0 Å². The van der Waals surface area contributed by atoms with Crippen molar-refractivity contribution in [2.24, 2.45) is 5.41 Å². The SMILES string of the molecule is CCCC1CC(O)(CCC(C)(C)C)CCO1. The summed E-state index contributed by atoms with van der Waals surface area (Å²) in [6.07, 6.45) is 6.14. The van der Waals surface area contributed by atoms with Crippen molar-refractivity contribution in [2.75, 3.05) is 6.61 Å². The molecule has 2 atom stereocenters. The Morgan fingerprint density at radius 3 is 2.62 bits per heavy atom. The van der Waals surface area contributed by atoms with Crippen molar-refractivity contribution in [3.63, 3.8) is 0 Å². The monoisotopic (exact) mass is 228 g/mol. The Bertz CT molecular complexity index is 205. The van der Waals surface area contributed by atoms with E-state index in [0.29, 0.717) is 5.41 Å². The molecule has 0 spiro atoms. The van der Waals surface area contributed by atoms with Crippen LogP contribution < -0.4 is 0 Å². The second-order valence-electron chi connectivity index (χ2n) is 6.52. The van der Waals surface area contributed by atoms with Crippen molar-refractivity contribution in [2.45, 2.75) is 77.9 Å². The van der Waals surface area contributed by atoms with Gasteiger partial charge in [-0.1, -0.05) is 34.1 Å². The Kier molecular flexibility index (Phi) is 4.81. The highest BCUT2D eigenvalue weighted by Crippen LogP contribution is 2.34. The van der Waals surface area contributed by atoms with Crippen LogP contribution in [0.2, 0.25) is 0 Å². The Morgan fingerprint density at radius 1 is 1.38 bits per heavy atom. The molecule has 2 nitrogen and oxygen atoms in total. The van der Waals surface area contributed by atoms with E-state index in [1.165, 1.54) is 0 Å². The summed E-state index contributed by atoms with van der Waals surface area (Å²) in [5.74, 6) is 0. The smallest absolute Gasteiger partial charge is 0.0694 e. The number of ether oxygens (including phenoxy) is 1. The van der Waals surface area contributed by atoms with E-state index in [2.05, 4.69) is 27.7 Å². The van der Waals surface area contributed by atoms with Crippen molar-refractivity contribution in [3.05, 3.63) is 0 Å². The molecule has 1 aliphatic heterocycles. The molecule has 0 aromatic heterocycles. The average molecular weight is 228 g/mol. The van der Waals surface area contributed by atoms with Crippen LogP contribution in [0.3, 0.4) is 0 Å². The second-order valence-corrected chi connectivity index (χ2v) is 6.52. The fraction of sp³-hybridized carbons (Fsp3) is 1.00. The summed E-state index contributed by atoms with van der Waals surface area (Å²) in [4.78, 5) is 0. The van der Waals surface area contributed by atoms with Gasteiger partial charge in [-0.25, -0.2) is 0 Å². The first kappa shape index (κ1) is 14.0. The molecule has 0 saturated carbocycles. The van der Waals surface area contributed by atoms with Crippen molar-refractivity contribution < 1.29 is 9.84 Å². The highest BCUT2D eigenvalue weighted by Gasteiger charge is 2.35. The van der Waals surface area contributed by atoms with Gasteiger partial charge in [0.05, 0.1) is 11.7 Å². The van der Waals surface area contributed by atoms with Gasteiger partial charge in [-0.2, -0.15) is 0 Å². The zero-order valence-electron chi connectivity index (χ0n) is 11.4. The highest BCUT2D eigenvalue weighted by atomic mass is 16.5. The molecule has 1 saturated heterocycles. The van der Waals surface area contributed by atoms with Gasteiger partial charge in [-0.05, 0) is 31.1 Å². The molecule has 1 fully saturated rings. The molecule has 1 aliphatic rings. The van der Waals surface area contributed by atoms with Crippen LogP contribution in [0.25, 0.3) is 0 Å². The van der Waals surface area contributed by atoms with Crippen molar-refractivity contribution in [3.8, 4) is 0 Å². The maximum absolute atomic E-state index is 10.6. The van der Waals surface area contributed by atoms with Gasteiger partial charge in [0.15, 0.2) is 0 Å². The molecule has 0 aliphatic carbocycles. The van der Waals surface area contributed by atoms with Crippen LogP contribution in [0.4, 0.5) is 0 Å². The molecule has 0 amide bonds. The maximum Gasteiger partial charge on any atom is 0.0694 e. The quantitative estimate of drug-likeness (QED) is 0.797. The molecule has 16 heavy (non-hydrogen) atoms. The molecule has 0 aromatic carbocycles. The van der Waals surface area contributed by atoms with Gasteiger partial charge >= 0.3 is 0 Å². The number of aliphatic hydroxyl groups is 1. The lowest BCUT2D eigenvalue weighted by atomic mass is 9.79. The van der Waals surface area contributed by atoms with Gasteiger partial charge in [0.1, 0.15) is 0 Å². The summed E-state index contributed by atoms with van der Waals surface area (Å²) < 4.78 is 5.69. The first-order chi connectivity index (χ1) is 7.35. The third-order valence-electron chi connectivity index (χ3n) is 3.48. The van der Waals surface area contributed by atoms with E-state index < -0.39 is 5.60 Å². The van der Waals surface area contributed by atoms with Gasteiger partial charge in [0.25, 0.3) is 0 Å². The van der Waals surface area contributed by atoms with Crippen molar-refractivity contribution >= 4 is 0 Å². The van der Waals surface area contributed by atoms with Crippen LogP contribution in [0, 0.1) is 5.41 Å². The summed E-state index contributed by atoms with van der Waals surface area (Å²) in [5, 5.41) is 10.6. The lowest BCUT2D eigenvalue weighted by Crippen LogP contribution is -2.41. The van der Waals surface area contributed by atoms with Gasteiger partial charge in [-0.15, -0.1) is 0 Å². The van der Waals surface area contributed by atoms with E-state index in [-0.39, 0.29) is 6.10 Å². The summed E-state index contributed by atoms with van der Waals surface area (Å²) in [6.45, 7) is 9.61. The molecule has 1 N–H and O–H groups in total. The first-order valence-corrected chi connectivity index (χ1v) is 6.69. The van der Waals surface area contributed by atoms with Crippen LogP contribution in [-0.4, -0.2) is 23.4 Å². The maximum atomic E-state index is 10.6. The Hall–Kier alpha value is -0.0800. The molecule has 0 bridgehead atoms. The Morgan fingerprint density at radius 2 is 2.06 bits per heavy atom. The fourth-order valence-corrected chi connectivity index (χ4v) is 2.34. The van der Waals surface area contributed by atoms with Gasteiger partial charge in [0.2, 0.25) is 0 Å². The summed E-state index contributed by atoms with van der Waals surface area (Å²) >= 11 is 0. The van der Waals surface area contributed by atoms with E-state index >= 15 is 0 Å². The summed E-state index contributed by atoms with van der Waals surface area (Å²) in [5.41, 5.74) is -0.153. The molecule has 1 heterocycles. The third kappa shape index (κ3) is 4.84. The number of hydrogen-bond donors (Lipinski definition) is 1. The van der Waals surface area contributed by atoms with E-state index in [1.807, 2.05) is 0 Å². The molecule has 0 aromatic rings. The van der Waals surface area contributed by atoms with Crippen LogP contribution in [0.15, 0.2) is 0 Å². The minimum absolute atomic E-state index is 0.281. The Balaban J connectivity index is 2.43. The zero-order valence-corrected chi connectivity index (χ0v) is 11.4. The molecular weight excluding hydrogens is 200 g/mol. The van der Waals surface area contributed by atoms with Gasteiger partial charge in [-0.3, -0.25) is 0 Å². The van der Waals surface area contributed by atoms with Crippen LogP contribution >= 0.6 is 0 Å². The van der Waals surface area contributed by atoms with Crippen LogP contribution in [-0.2, 0) is 4.74 Å². The second kappa shape index (κ2) is 5.50. The lowest BCUT2D eigenvalue weighted by molar-refractivity contribution is -0.112. The zero-order chi connectivity index (χ0) is 12.2. The molecule has 96 valence electrons. The topological polar surface area (TPSA) is 29.5 Å². The first-order valence-electron chi connectivity index (χ1n) is 6.69. The van der Waals surface area contributed by atoms with E-state index in [4.69, 9.17) is 4.74 Å². The minimum Gasteiger partial charge on any atom is -0.390 e. The highest BCUT2D eigenvalue weighted by molar-refractivity contribution is 4.86. The normalized spacial score (nSPS) is 31.7. The van der Waals surface area contributed by atoms with E-state index in [0.717, 1.165) is 45.1 Å². The number of hydrogen-bond acceptors (Lipinski definition) is 2. The van der Waals surface area contributed by atoms with E-state index in [1.54, 1.807) is 0 Å². The molecule has 0 radical (unpaired) electrons. The third-order valence-corrected chi connectivity index (χ3v) is 3.48. The predicted molar refractivity (Wildman–Crippen MR) is 67.5 cm³/mol. The average Bonchev–Trinajstić information content (AvgIpc) is 2.15. The molecule has 2 unspecified atom stereocenters. The largest absolute Gasteiger partial charge is 0.390 e. The fourth-order valence-electron chi connectivity index (χ4n) is 2.34. The molecule has 1 rings (SSSR count).